The topological polar surface area (TPSA) is 55.3 Å². The van der Waals surface area contributed by atoms with Crippen molar-refractivity contribution in [3.8, 4) is 11.5 Å². The van der Waals surface area contributed by atoms with E-state index in [1.54, 1.807) is 14.2 Å². The summed E-state index contributed by atoms with van der Waals surface area (Å²) in [5, 5.41) is 3.46. The van der Waals surface area contributed by atoms with Crippen LogP contribution in [-0.2, 0) is 17.9 Å². The number of rotatable bonds is 8. The SMILES string of the molecule is CN=C(NCc1ccc(OC)cc1OC)N1CCC(COCc2ccccc2)C1. The highest BCUT2D eigenvalue weighted by Gasteiger charge is 2.25. The summed E-state index contributed by atoms with van der Waals surface area (Å²) in [5.41, 5.74) is 2.28. The number of guanidine groups is 1. The van der Waals surface area contributed by atoms with Gasteiger partial charge in [-0.25, -0.2) is 0 Å². The van der Waals surface area contributed by atoms with Crippen molar-refractivity contribution in [2.24, 2.45) is 10.9 Å². The van der Waals surface area contributed by atoms with Crippen molar-refractivity contribution in [2.45, 2.75) is 19.6 Å². The van der Waals surface area contributed by atoms with Crippen LogP contribution in [0.4, 0.5) is 0 Å². The molecule has 0 amide bonds. The zero-order chi connectivity index (χ0) is 20.5. The second kappa shape index (κ2) is 10.7. The number of aliphatic imine (C=N–C) groups is 1. The zero-order valence-corrected chi connectivity index (χ0v) is 17.6. The van der Waals surface area contributed by atoms with Crippen LogP contribution in [-0.4, -0.2) is 51.8 Å². The van der Waals surface area contributed by atoms with Crippen molar-refractivity contribution >= 4 is 5.96 Å². The van der Waals surface area contributed by atoms with E-state index in [9.17, 15) is 0 Å². The number of hydrogen-bond donors (Lipinski definition) is 1. The van der Waals surface area contributed by atoms with Gasteiger partial charge in [-0.1, -0.05) is 30.3 Å². The average molecular weight is 398 g/mol. The number of hydrogen-bond acceptors (Lipinski definition) is 4. The van der Waals surface area contributed by atoms with Gasteiger partial charge in [0.05, 0.1) is 27.4 Å². The van der Waals surface area contributed by atoms with Gasteiger partial charge in [0.15, 0.2) is 5.96 Å². The summed E-state index contributed by atoms with van der Waals surface area (Å²) in [6, 6.07) is 16.2. The Morgan fingerprint density at radius 2 is 1.97 bits per heavy atom. The molecule has 6 heteroatoms. The molecule has 1 saturated heterocycles. The van der Waals surface area contributed by atoms with Crippen LogP contribution in [0.3, 0.4) is 0 Å². The molecule has 1 unspecified atom stereocenters. The number of ether oxygens (including phenoxy) is 3. The van der Waals surface area contributed by atoms with Gasteiger partial charge in [-0.3, -0.25) is 4.99 Å². The van der Waals surface area contributed by atoms with Crippen molar-refractivity contribution in [2.75, 3.05) is 41.0 Å². The lowest BCUT2D eigenvalue weighted by molar-refractivity contribution is 0.0906. The smallest absolute Gasteiger partial charge is 0.193 e. The van der Waals surface area contributed by atoms with E-state index in [2.05, 4.69) is 27.3 Å². The van der Waals surface area contributed by atoms with Gasteiger partial charge in [0, 0.05) is 44.2 Å². The molecule has 156 valence electrons. The van der Waals surface area contributed by atoms with Crippen molar-refractivity contribution in [1.82, 2.24) is 10.2 Å². The van der Waals surface area contributed by atoms with Gasteiger partial charge < -0.3 is 24.4 Å². The second-order valence-corrected chi connectivity index (χ2v) is 7.18. The first-order valence-corrected chi connectivity index (χ1v) is 10.0. The van der Waals surface area contributed by atoms with Gasteiger partial charge in [0.2, 0.25) is 0 Å². The Hall–Kier alpha value is -2.73. The maximum Gasteiger partial charge on any atom is 0.193 e. The maximum absolute atomic E-state index is 5.93. The second-order valence-electron chi connectivity index (χ2n) is 7.18. The quantitative estimate of drug-likeness (QED) is 0.547. The Balaban J connectivity index is 1.47. The van der Waals surface area contributed by atoms with E-state index >= 15 is 0 Å². The minimum absolute atomic E-state index is 0.521. The molecule has 1 N–H and O–H groups in total. The van der Waals surface area contributed by atoms with Crippen LogP contribution in [0.2, 0.25) is 0 Å². The molecule has 0 aliphatic carbocycles. The van der Waals surface area contributed by atoms with Crippen molar-refractivity contribution < 1.29 is 14.2 Å². The number of likely N-dealkylation sites (tertiary alicyclic amines) is 1. The molecule has 0 spiro atoms. The molecule has 1 atom stereocenters. The third kappa shape index (κ3) is 5.87. The summed E-state index contributed by atoms with van der Waals surface area (Å²) in [4.78, 5) is 6.76. The van der Waals surface area contributed by atoms with E-state index in [0.29, 0.717) is 19.1 Å². The van der Waals surface area contributed by atoms with E-state index in [4.69, 9.17) is 14.2 Å². The molecule has 1 aliphatic rings. The fraction of sp³-hybridized carbons (Fsp3) is 0.435. The van der Waals surface area contributed by atoms with E-state index in [1.807, 2.05) is 43.4 Å². The lowest BCUT2D eigenvalue weighted by atomic mass is 10.1. The summed E-state index contributed by atoms with van der Waals surface area (Å²) < 4.78 is 16.7. The normalized spacial score (nSPS) is 16.7. The highest BCUT2D eigenvalue weighted by Crippen LogP contribution is 2.24. The number of benzene rings is 2. The van der Waals surface area contributed by atoms with E-state index in [1.165, 1.54) is 5.56 Å². The fourth-order valence-corrected chi connectivity index (χ4v) is 3.58. The highest BCUT2D eigenvalue weighted by atomic mass is 16.5. The van der Waals surface area contributed by atoms with Gasteiger partial charge in [-0.15, -0.1) is 0 Å². The number of nitrogens with one attached hydrogen (secondary N) is 1. The van der Waals surface area contributed by atoms with E-state index < -0.39 is 0 Å². The molecule has 0 radical (unpaired) electrons. The van der Waals surface area contributed by atoms with Crippen LogP contribution >= 0.6 is 0 Å². The molecule has 6 nitrogen and oxygen atoms in total. The molecule has 1 aliphatic heterocycles. The van der Waals surface area contributed by atoms with Crippen LogP contribution < -0.4 is 14.8 Å². The molecular weight excluding hydrogens is 366 g/mol. The first-order chi connectivity index (χ1) is 14.2. The zero-order valence-electron chi connectivity index (χ0n) is 17.6. The molecule has 0 saturated carbocycles. The summed E-state index contributed by atoms with van der Waals surface area (Å²) in [7, 11) is 5.16. The average Bonchev–Trinajstić information content (AvgIpc) is 3.23. The summed E-state index contributed by atoms with van der Waals surface area (Å²) in [6.45, 7) is 4.02. The Morgan fingerprint density at radius 1 is 1.14 bits per heavy atom. The minimum atomic E-state index is 0.521. The van der Waals surface area contributed by atoms with Crippen LogP contribution in [0.15, 0.2) is 53.5 Å². The highest BCUT2D eigenvalue weighted by molar-refractivity contribution is 5.80. The van der Waals surface area contributed by atoms with Crippen molar-refractivity contribution in [3.63, 3.8) is 0 Å². The largest absolute Gasteiger partial charge is 0.497 e. The third-order valence-corrected chi connectivity index (χ3v) is 5.19. The van der Waals surface area contributed by atoms with Gasteiger partial charge in [-0.2, -0.15) is 0 Å². The Bertz CT molecular complexity index is 795. The Labute approximate surface area is 173 Å². The molecular formula is C23H31N3O3. The standard InChI is InChI=1S/C23H31N3O3/c1-24-23(25-14-20-9-10-21(27-2)13-22(20)28-3)26-12-11-19(15-26)17-29-16-18-7-5-4-6-8-18/h4-10,13,19H,11-12,14-17H2,1-3H3,(H,24,25). The fourth-order valence-electron chi connectivity index (χ4n) is 3.58. The first kappa shape index (κ1) is 21.0. The molecule has 29 heavy (non-hydrogen) atoms. The van der Waals surface area contributed by atoms with E-state index in [-0.39, 0.29) is 0 Å². The predicted molar refractivity (Wildman–Crippen MR) is 116 cm³/mol. The Kier molecular flexibility index (Phi) is 7.76. The van der Waals surface area contributed by atoms with Gasteiger partial charge in [-0.05, 0) is 24.1 Å². The monoisotopic (exact) mass is 397 g/mol. The number of nitrogens with zero attached hydrogens (tertiary/aromatic N) is 2. The number of methoxy groups -OCH3 is 2. The van der Waals surface area contributed by atoms with Gasteiger partial charge in [0.25, 0.3) is 0 Å². The molecule has 0 bridgehead atoms. The van der Waals surface area contributed by atoms with Gasteiger partial charge in [0.1, 0.15) is 11.5 Å². The lowest BCUT2D eigenvalue weighted by Crippen LogP contribution is -2.39. The lowest BCUT2D eigenvalue weighted by Gasteiger charge is -2.22. The van der Waals surface area contributed by atoms with Crippen LogP contribution in [0, 0.1) is 5.92 Å². The first-order valence-electron chi connectivity index (χ1n) is 10.0. The van der Waals surface area contributed by atoms with Crippen LogP contribution in [0.5, 0.6) is 11.5 Å². The van der Waals surface area contributed by atoms with Crippen LogP contribution in [0.1, 0.15) is 17.5 Å². The Morgan fingerprint density at radius 3 is 2.69 bits per heavy atom. The molecule has 2 aromatic rings. The minimum Gasteiger partial charge on any atom is -0.497 e. The summed E-state index contributed by atoms with van der Waals surface area (Å²) in [6.07, 6.45) is 1.11. The van der Waals surface area contributed by atoms with Crippen molar-refractivity contribution in [3.05, 3.63) is 59.7 Å². The molecule has 0 aromatic heterocycles. The molecule has 2 aromatic carbocycles. The van der Waals surface area contributed by atoms with Crippen molar-refractivity contribution in [1.29, 1.82) is 0 Å². The predicted octanol–water partition coefficient (Wildman–Crippen LogP) is 3.32. The molecule has 1 fully saturated rings. The molecule has 3 rings (SSSR count). The van der Waals surface area contributed by atoms with Crippen LogP contribution in [0.25, 0.3) is 0 Å². The third-order valence-electron chi connectivity index (χ3n) is 5.19. The van der Waals surface area contributed by atoms with E-state index in [0.717, 1.165) is 49.1 Å². The maximum atomic E-state index is 5.93. The summed E-state index contributed by atoms with van der Waals surface area (Å²) >= 11 is 0. The summed E-state index contributed by atoms with van der Waals surface area (Å²) in [5.74, 6) is 3.02. The molecule has 1 heterocycles. The van der Waals surface area contributed by atoms with Gasteiger partial charge >= 0.3 is 0 Å².